The summed E-state index contributed by atoms with van der Waals surface area (Å²) >= 11 is 3.34. The Hall–Kier alpha value is -1.85. The van der Waals surface area contributed by atoms with Crippen LogP contribution in [0.4, 0.5) is 5.69 Å². The van der Waals surface area contributed by atoms with Crippen molar-refractivity contribution in [2.24, 2.45) is 0 Å². The Morgan fingerprint density at radius 3 is 2.81 bits per heavy atom. The van der Waals surface area contributed by atoms with Gasteiger partial charge in [0.2, 0.25) is 0 Å². The summed E-state index contributed by atoms with van der Waals surface area (Å²) in [5.41, 5.74) is 2.40. The Balaban J connectivity index is 1.95. The van der Waals surface area contributed by atoms with Gasteiger partial charge in [-0.15, -0.1) is 0 Å². The number of aryl methyl sites for hydroxylation is 1. The average molecular weight is 350 g/mol. The van der Waals surface area contributed by atoms with Crippen LogP contribution in [0.25, 0.3) is 0 Å². The van der Waals surface area contributed by atoms with Crippen LogP contribution in [0.1, 0.15) is 11.1 Å². The summed E-state index contributed by atoms with van der Waals surface area (Å²) in [6, 6.07) is 12.8. The lowest BCUT2D eigenvalue weighted by Gasteiger charge is -2.11. The topological polar surface area (TPSA) is 58.6 Å². The molecule has 5 heteroatoms. The molecule has 0 saturated carbocycles. The van der Waals surface area contributed by atoms with Crippen molar-refractivity contribution in [3.8, 4) is 5.75 Å². The minimum absolute atomic E-state index is 0.109. The van der Waals surface area contributed by atoms with Gasteiger partial charge in [-0.2, -0.15) is 0 Å². The van der Waals surface area contributed by atoms with Gasteiger partial charge in [-0.05, 0) is 31.2 Å². The Kier molecular flexibility index (Phi) is 5.36. The van der Waals surface area contributed by atoms with E-state index < -0.39 is 0 Å². The summed E-state index contributed by atoms with van der Waals surface area (Å²) in [5, 5.41) is 12.0. The van der Waals surface area contributed by atoms with Crippen molar-refractivity contribution < 1.29 is 14.6 Å². The monoisotopic (exact) mass is 349 g/mol. The molecule has 0 bridgehead atoms. The number of ether oxygens (including phenoxy) is 1. The van der Waals surface area contributed by atoms with E-state index in [1.807, 2.05) is 37.3 Å². The van der Waals surface area contributed by atoms with Gasteiger partial charge in [-0.25, -0.2) is 0 Å². The highest BCUT2D eigenvalue weighted by atomic mass is 79.9. The van der Waals surface area contributed by atoms with Crippen molar-refractivity contribution >= 4 is 27.5 Å². The maximum Gasteiger partial charge on any atom is 0.262 e. The predicted molar refractivity (Wildman–Crippen MR) is 85.4 cm³/mol. The van der Waals surface area contributed by atoms with Crippen LogP contribution in [0.2, 0.25) is 0 Å². The fourth-order valence-electron chi connectivity index (χ4n) is 1.88. The number of aliphatic hydroxyl groups excluding tert-OH is 1. The van der Waals surface area contributed by atoms with Gasteiger partial charge in [-0.1, -0.05) is 39.7 Å². The number of carbonyl (C=O) groups excluding carboxylic acids is 1. The van der Waals surface area contributed by atoms with E-state index in [0.29, 0.717) is 17.0 Å². The van der Waals surface area contributed by atoms with E-state index in [-0.39, 0.29) is 19.1 Å². The van der Waals surface area contributed by atoms with Gasteiger partial charge >= 0.3 is 0 Å². The van der Waals surface area contributed by atoms with Crippen LogP contribution in [0.3, 0.4) is 0 Å². The third-order valence-electron chi connectivity index (χ3n) is 2.85. The number of anilines is 1. The molecule has 1 amide bonds. The third kappa shape index (κ3) is 4.58. The van der Waals surface area contributed by atoms with Crippen molar-refractivity contribution in [3.05, 3.63) is 58.1 Å². The van der Waals surface area contributed by atoms with Crippen LogP contribution >= 0.6 is 15.9 Å². The summed E-state index contributed by atoms with van der Waals surface area (Å²) in [5.74, 6) is 0.269. The van der Waals surface area contributed by atoms with Crippen molar-refractivity contribution in [3.63, 3.8) is 0 Å². The maximum atomic E-state index is 11.8. The molecule has 0 saturated heterocycles. The molecule has 4 nitrogen and oxygen atoms in total. The lowest BCUT2D eigenvalue weighted by molar-refractivity contribution is -0.118. The first-order chi connectivity index (χ1) is 10.1. The van der Waals surface area contributed by atoms with E-state index in [9.17, 15) is 9.90 Å². The quantitative estimate of drug-likeness (QED) is 0.870. The SMILES string of the molecule is Cc1ccc(OCC(=O)Nc2cccc(Br)c2)c(CO)c1. The van der Waals surface area contributed by atoms with Crippen molar-refractivity contribution in [1.29, 1.82) is 0 Å². The number of halogens is 1. The normalized spacial score (nSPS) is 10.2. The molecule has 0 aromatic heterocycles. The molecular weight excluding hydrogens is 334 g/mol. The summed E-state index contributed by atoms with van der Waals surface area (Å²) < 4.78 is 6.35. The Morgan fingerprint density at radius 2 is 2.10 bits per heavy atom. The number of aliphatic hydroxyl groups is 1. The van der Waals surface area contributed by atoms with E-state index in [0.717, 1.165) is 10.0 Å². The number of amides is 1. The zero-order valence-corrected chi connectivity index (χ0v) is 13.2. The second-order valence-electron chi connectivity index (χ2n) is 4.62. The van der Waals surface area contributed by atoms with Crippen LogP contribution in [0, 0.1) is 6.92 Å². The van der Waals surface area contributed by atoms with Gasteiger partial charge < -0.3 is 15.2 Å². The fraction of sp³-hybridized carbons (Fsp3) is 0.188. The summed E-state index contributed by atoms with van der Waals surface area (Å²) in [6.07, 6.45) is 0. The minimum Gasteiger partial charge on any atom is -0.483 e. The van der Waals surface area contributed by atoms with Crippen molar-refractivity contribution in [1.82, 2.24) is 0 Å². The van der Waals surface area contributed by atoms with Gasteiger partial charge in [-0.3, -0.25) is 4.79 Å². The largest absolute Gasteiger partial charge is 0.483 e. The molecule has 2 aromatic carbocycles. The van der Waals surface area contributed by atoms with E-state index in [1.165, 1.54) is 0 Å². The lowest BCUT2D eigenvalue weighted by Crippen LogP contribution is -2.20. The molecule has 0 aliphatic heterocycles. The second kappa shape index (κ2) is 7.24. The molecule has 0 atom stereocenters. The van der Waals surface area contributed by atoms with Crippen molar-refractivity contribution in [2.45, 2.75) is 13.5 Å². The van der Waals surface area contributed by atoms with Gasteiger partial charge in [0, 0.05) is 15.7 Å². The molecule has 2 aromatic rings. The van der Waals surface area contributed by atoms with E-state index in [1.54, 1.807) is 12.1 Å². The molecule has 0 fully saturated rings. The molecule has 0 unspecified atom stereocenters. The number of hydrogen-bond acceptors (Lipinski definition) is 3. The molecule has 2 N–H and O–H groups in total. The predicted octanol–water partition coefficient (Wildman–Crippen LogP) is 3.27. The first kappa shape index (κ1) is 15.5. The zero-order chi connectivity index (χ0) is 15.2. The second-order valence-corrected chi connectivity index (χ2v) is 5.53. The van der Waals surface area contributed by atoms with Gasteiger partial charge in [0.05, 0.1) is 6.61 Å². The molecule has 0 spiro atoms. The number of nitrogens with one attached hydrogen (secondary N) is 1. The molecule has 0 radical (unpaired) electrons. The smallest absolute Gasteiger partial charge is 0.262 e. The van der Waals surface area contributed by atoms with Gasteiger partial charge in [0.25, 0.3) is 5.91 Å². The average Bonchev–Trinajstić information content (AvgIpc) is 2.45. The first-order valence-corrected chi connectivity index (χ1v) is 7.26. The van der Waals surface area contributed by atoms with E-state index in [4.69, 9.17) is 4.74 Å². The molecule has 110 valence electrons. The number of hydrogen-bond donors (Lipinski definition) is 2. The highest BCUT2D eigenvalue weighted by Crippen LogP contribution is 2.20. The van der Waals surface area contributed by atoms with Gasteiger partial charge in [0.1, 0.15) is 5.75 Å². The highest BCUT2D eigenvalue weighted by Gasteiger charge is 2.07. The molecule has 0 aliphatic carbocycles. The molecule has 0 heterocycles. The highest BCUT2D eigenvalue weighted by molar-refractivity contribution is 9.10. The molecule has 21 heavy (non-hydrogen) atoms. The minimum atomic E-state index is -0.252. The van der Waals surface area contributed by atoms with Crippen LogP contribution in [-0.4, -0.2) is 17.6 Å². The molecular formula is C16H16BrNO3. The number of benzene rings is 2. The van der Waals surface area contributed by atoms with Crippen LogP contribution < -0.4 is 10.1 Å². The zero-order valence-electron chi connectivity index (χ0n) is 11.6. The lowest BCUT2D eigenvalue weighted by atomic mass is 10.1. The van der Waals surface area contributed by atoms with Crippen molar-refractivity contribution in [2.75, 3.05) is 11.9 Å². The maximum absolute atomic E-state index is 11.8. The van der Waals surface area contributed by atoms with E-state index >= 15 is 0 Å². The number of rotatable bonds is 5. The Bertz CT molecular complexity index is 643. The van der Waals surface area contributed by atoms with Crippen LogP contribution in [0.15, 0.2) is 46.9 Å². The molecule has 0 aliphatic rings. The Morgan fingerprint density at radius 1 is 1.29 bits per heavy atom. The summed E-state index contributed by atoms with van der Waals surface area (Å²) in [4.78, 5) is 11.8. The standard InChI is InChI=1S/C16H16BrNO3/c1-11-5-6-15(12(7-11)9-19)21-10-16(20)18-14-4-2-3-13(17)8-14/h2-8,19H,9-10H2,1H3,(H,18,20). The summed E-state index contributed by atoms with van der Waals surface area (Å²) in [7, 11) is 0. The number of carbonyl (C=O) groups is 1. The van der Waals surface area contributed by atoms with Crippen LogP contribution in [-0.2, 0) is 11.4 Å². The first-order valence-electron chi connectivity index (χ1n) is 6.47. The van der Waals surface area contributed by atoms with Crippen LogP contribution in [0.5, 0.6) is 5.75 Å². The Labute approximate surface area is 131 Å². The summed E-state index contributed by atoms with van der Waals surface area (Å²) in [6.45, 7) is 1.70. The fourth-order valence-corrected chi connectivity index (χ4v) is 2.28. The molecule has 2 rings (SSSR count). The van der Waals surface area contributed by atoms with E-state index in [2.05, 4.69) is 21.2 Å². The van der Waals surface area contributed by atoms with Gasteiger partial charge in [0.15, 0.2) is 6.61 Å². The third-order valence-corrected chi connectivity index (χ3v) is 3.35.